The van der Waals surface area contributed by atoms with Gasteiger partial charge in [0.25, 0.3) is 0 Å². The Bertz CT molecular complexity index is 1870. The Morgan fingerprint density at radius 3 is 1.59 bits per heavy atom. The van der Waals surface area contributed by atoms with E-state index in [0.29, 0.717) is 67.1 Å². The maximum Gasteiger partial charge on any atom is 0.225 e. The van der Waals surface area contributed by atoms with Gasteiger partial charge in [0.1, 0.15) is 11.5 Å². The van der Waals surface area contributed by atoms with Gasteiger partial charge in [0.2, 0.25) is 11.8 Å². The fourth-order valence-corrected chi connectivity index (χ4v) is 11.0. The molecular weight excluding hydrogens is 681 g/mol. The summed E-state index contributed by atoms with van der Waals surface area (Å²) in [5, 5.41) is 0. The summed E-state index contributed by atoms with van der Waals surface area (Å²) in [6, 6.07) is 29.9. The molecule has 2 saturated heterocycles. The average Bonchev–Trinajstić information content (AvgIpc) is 3.15. The molecule has 2 atom stereocenters. The Morgan fingerprint density at radius 2 is 1.08 bits per heavy atom. The number of nitrogens with zero attached hydrogens (tertiary/aromatic N) is 2. The second-order valence-electron chi connectivity index (χ2n) is 12.4. The van der Waals surface area contributed by atoms with Crippen molar-refractivity contribution in [3.8, 4) is 23.0 Å². The lowest BCUT2D eigenvalue weighted by atomic mass is 9.85. The van der Waals surface area contributed by atoms with Crippen LogP contribution in [0.3, 0.4) is 0 Å². The first-order valence-electron chi connectivity index (χ1n) is 17.4. The zero-order valence-corrected chi connectivity index (χ0v) is 31.6. The van der Waals surface area contributed by atoms with E-state index in [1.807, 2.05) is 90.4 Å². The highest BCUT2D eigenvalue weighted by molar-refractivity contribution is 8.04. The van der Waals surface area contributed by atoms with Crippen molar-refractivity contribution in [2.75, 3.05) is 38.9 Å². The molecule has 0 aliphatic carbocycles. The number of rotatable bonds is 13. The molecule has 4 aromatic carbocycles. The third-order valence-corrected chi connectivity index (χ3v) is 12.8. The van der Waals surface area contributed by atoms with Gasteiger partial charge in [-0.15, -0.1) is 23.5 Å². The van der Waals surface area contributed by atoms with E-state index in [2.05, 4.69) is 31.2 Å². The molecule has 268 valence electrons. The van der Waals surface area contributed by atoms with Gasteiger partial charge in [-0.25, -0.2) is 0 Å². The van der Waals surface area contributed by atoms with Crippen molar-refractivity contribution in [3.63, 3.8) is 0 Å². The second-order valence-corrected chi connectivity index (χ2v) is 15.0. The molecule has 8 nitrogen and oxygen atoms in total. The lowest BCUT2D eigenvalue weighted by molar-refractivity contribution is -0.148. The monoisotopic (exact) mass is 726 g/mol. The van der Waals surface area contributed by atoms with Crippen LogP contribution in [0.15, 0.2) is 91.0 Å². The quantitative estimate of drug-likeness (QED) is 0.137. The number of amides is 2. The Hall–Kier alpha value is -4.28. The zero-order valence-electron chi connectivity index (χ0n) is 30.0. The van der Waals surface area contributed by atoms with Crippen LogP contribution in [0.4, 0.5) is 0 Å². The fourth-order valence-electron chi connectivity index (χ4n) is 7.38. The van der Waals surface area contributed by atoms with E-state index in [-0.39, 0.29) is 18.4 Å². The molecule has 6 rings (SSSR count). The second kappa shape index (κ2) is 15.9. The van der Waals surface area contributed by atoms with Crippen LogP contribution < -0.4 is 18.9 Å². The number of thioether (sulfide) groups is 2. The summed E-state index contributed by atoms with van der Waals surface area (Å²) in [4.78, 5) is 31.3. The minimum Gasteiger partial charge on any atom is -0.493 e. The number of methoxy groups -OCH3 is 2. The van der Waals surface area contributed by atoms with Crippen LogP contribution >= 0.6 is 23.5 Å². The van der Waals surface area contributed by atoms with Crippen molar-refractivity contribution < 1.29 is 28.5 Å². The van der Waals surface area contributed by atoms with Crippen molar-refractivity contribution in [3.05, 3.63) is 119 Å². The first kappa shape index (κ1) is 36.5. The van der Waals surface area contributed by atoms with Crippen LogP contribution in [0.5, 0.6) is 23.0 Å². The molecule has 0 saturated carbocycles. The molecular formula is C41H46N2O6S2. The van der Waals surface area contributed by atoms with Gasteiger partial charge in [-0.3, -0.25) is 9.59 Å². The maximum atomic E-state index is 14.9. The van der Waals surface area contributed by atoms with Crippen molar-refractivity contribution in [2.24, 2.45) is 0 Å². The van der Waals surface area contributed by atoms with Gasteiger partial charge in [-0.05, 0) is 50.1 Å². The molecule has 2 fully saturated rings. The van der Waals surface area contributed by atoms with Crippen LogP contribution in [0, 0.1) is 6.92 Å². The lowest BCUT2D eigenvalue weighted by Gasteiger charge is -2.62. The third kappa shape index (κ3) is 6.53. The SMILES string of the molecule is CCOc1ccccc1C1(C2(c3ccccc3OCC)SCCC(=O)N2Cc2cccc(OC)c2OC)SCCC(=O)N1Cc1ccccc1C. The molecule has 0 N–H and O–H groups in total. The molecule has 2 amide bonds. The van der Waals surface area contributed by atoms with Gasteiger partial charge in [-0.2, -0.15) is 0 Å². The summed E-state index contributed by atoms with van der Waals surface area (Å²) in [7, 11) is 3.23. The molecule has 2 aliphatic rings. The number of carbonyl (C=O) groups is 2. The summed E-state index contributed by atoms with van der Waals surface area (Å²) in [6.07, 6.45) is 0.690. The fraction of sp³-hybridized carbons (Fsp3) is 0.366. The number of ether oxygens (including phenoxy) is 4. The van der Waals surface area contributed by atoms with Gasteiger partial charge >= 0.3 is 0 Å². The summed E-state index contributed by atoms with van der Waals surface area (Å²) < 4.78 is 24.5. The third-order valence-electron chi connectivity index (χ3n) is 9.58. The number of benzene rings is 4. The molecule has 51 heavy (non-hydrogen) atoms. The van der Waals surface area contributed by atoms with Gasteiger partial charge in [0.05, 0.1) is 34.0 Å². The Balaban J connectivity index is 1.75. The van der Waals surface area contributed by atoms with E-state index in [4.69, 9.17) is 18.9 Å². The Morgan fingerprint density at radius 1 is 0.608 bits per heavy atom. The molecule has 10 heteroatoms. The predicted octanol–water partition coefficient (Wildman–Crippen LogP) is 8.15. The molecule has 0 aromatic heterocycles. The van der Waals surface area contributed by atoms with E-state index < -0.39 is 9.74 Å². The minimum atomic E-state index is -1.21. The van der Waals surface area contributed by atoms with Gasteiger partial charge in [0, 0.05) is 47.6 Å². The van der Waals surface area contributed by atoms with E-state index in [1.54, 1.807) is 37.7 Å². The summed E-state index contributed by atoms with van der Waals surface area (Å²) in [5.41, 5.74) is 4.55. The average molecular weight is 727 g/mol. The van der Waals surface area contributed by atoms with Crippen molar-refractivity contribution >= 4 is 35.3 Å². The summed E-state index contributed by atoms with van der Waals surface area (Å²) >= 11 is 3.39. The van der Waals surface area contributed by atoms with E-state index >= 15 is 0 Å². The van der Waals surface area contributed by atoms with E-state index in [1.165, 1.54) is 0 Å². The van der Waals surface area contributed by atoms with Crippen LogP contribution in [0.1, 0.15) is 54.5 Å². The molecule has 2 unspecified atom stereocenters. The number of carbonyl (C=O) groups excluding carboxylic acids is 2. The van der Waals surface area contributed by atoms with Crippen LogP contribution in [0.2, 0.25) is 0 Å². The van der Waals surface area contributed by atoms with E-state index in [9.17, 15) is 9.59 Å². The van der Waals surface area contributed by atoms with Gasteiger partial charge in [-0.1, -0.05) is 72.8 Å². The highest BCUT2D eigenvalue weighted by Gasteiger charge is 2.67. The van der Waals surface area contributed by atoms with Crippen molar-refractivity contribution in [1.29, 1.82) is 0 Å². The lowest BCUT2D eigenvalue weighted by Crippen LogP contribution is -2.68. The minimum absolute atomic E-state index is 0.00843. The van der Waals surface area contributed by atoms with Crippen molar-refractivity contribution in [2.45, 2.75) is 56.4 Å². The maximum absolute atomic E-state index is 14.9. The Kier molecular flexibility index (Phi) is 11.4. The molecule has 0 bridgehead atoms. The topological polar surface area (TPSA) is 77.5 Å². The smallest absolute Gasteiger partial charge is 0.225 e. The van der Waals surface area contributed by atoms with Crippen LogP contribution in [-0.4, -0.2) is 60.6 Å². The zero-order chi connectivity index (χ0) is 36.0. The largest absolute Gasteiger partial charge is 0.493 e. The van der Waals surface area contributed by atoms with Crippen LogP contribution in [-0.2, 0) is 32.4 Å². The molecule has 2 aliphatic heterocycles. The van der Waals surface area contributed by atoms with Crippen LogP contribution in [0.25, 0.3) is 0 Å². The standard InChI is InChI=1S/C41H46N2O6S2/c1-6-48-34-20-12-10-18-32(34)40(42(37(44)23-25-50-40)27-30-16-9-8-15-29(30)3)41(33-19-11-13-21-35(33)49-7-2)43(38(45)24-26-51-41)28-31-17-14-22-36(46-4)39(31)47-5/h8-22H,6-7,23-28H2,1-5H3. The number of aryl methyl sites for hydroxylation is 1. The van der Waals surface area contributed by atoms with Gasteiger partial charge < -0.3 is 28.7 Å². The first-order chi connectivity index (χ1) is 24.9. The normalized spacial score (nSPS) is 20.6. The molecule has 0 radical (unpaired) electrons. The molecule has 2 heterocycles. The van der Waals surface area contributed by atoms with Gasteiger partial charge in [0.15, 0.2) is 21.2 Å². The first-order valence-corrected chi connectivity index (χ1v) is 19.4. The summed E-state index contributed by atoms with van der Waals surface area (Å²) in [5.74, 6) is 3.52. The summed E-state index contributed by atoms with van der Waals surface area (Å²) in [6.45, 7) is 7.40. The number of hydrogen-bond donors (Lipinski definition) is 0. The number of hydrogen-bond acceptors (Lipinski definition) is 8. The number of para-hydroxylation sites is 3. The highest BCUT2D eigenvalue weighted by Crippen LogP contribution is 2.67. The molecule has 0 spiro atoms. The molecule has 4 aromatic rings. The van der Waals surface area contributed by atoms with Crippen molar-refractivity contribution in [1.82, 2.24) is 9.80 Å². The van der Waals surface area contributed by atoms with E-state index in [0.717, 1.165) is 27.8 Å². The predicted molar refractivity (Wildman–Crippen MR) is 205 cm³/mol. The highest BCUT2D eigenvalue weighted by atomic mass is 32.2. The Labute approximate surface area is 309 Å².